The Bertz CT molecular complexity index is 2130. The molecule has 2 saturated heterocycles. The van der Waals surface area contributed by atoms with Gasteiger partial charge in [-0.2, -0.15) is 18.2 Å². The van der Waals surface area contributed by atoms with E-state index in [0.29, 0.717) is 16.1 Å². The fourth-order valence-corrected chi connectivity index (χ4v) is 9.25. The van der Waals surface area contributed by atoms with Crippen LogP contribution >= 0.6 is 39.1 Å². The molecular formula is C35H27BrCl2F4N4O6. The lowest BCUT2D eigenvalue weighted by molar-refractivity contribution is -0.141. The zero-order valence-corrected chi connectivity index (χ0v) is 30.4. The molecule has 2 aromatic carbocycles. The van der Waals surface area contributed by atoms with Crippen molar-refractivity contribution in [3.8, 4) is 11.5 Å². The van der Waals surface area contributed by atoms with Crippen molar-refractivity contribution in [2.24, 2.45) is 29.1 Å². The van der Waals surface area contributed by atoms with E-state index in [2.05, 4.69) is 20.9 Å². The summed E-state index contributed by atoms with van der Waals surface area (Å²) >= 11 is 15.7. The first-order valence-electron chi connectivity index (χ1n) is 15.9. The number of rotatable bonds is 5. The molecule has 3 aromatic rings. The quantitative estimate of drug-likeness (QED) is 0.162. The number of anilines is 2. The highest BCUT2D eigenvalue weighted by atomic mass is 79.9. The lowest BCUT2D eigenvalue weighted by Gasteiger charge is -2.49. The first kappa shape index (κ1) is 36.2. The molecule has 3 fully saturated rings. The van der Waals surface area contributed by atoms with Crippen molar-refractivity contribution in [1.29, 1.82) is 0 Å². The molecule has 1 N–H and O–H groups in total. The maximum Gasteiger partial charge on any atom is 0.433 e. The fraction of sp³-hybridized carbons (Fsp3) is 0.343. The van der Waals surface area contributed by atoms with E-state index in [4.69, 9.17) is 27.9 Å². The van der Waals surface area contributed by atoms with E-state index < -0.39 is 82.1 Å². The molecule has 0 unspecified atom stereocenters. The second-order valence-electron chi connectivity index (χ2n) is 13.3. The maximum absolute atomic E-state index is 14.6. The van der Waals surface area contributed by atoms with Crippen molar-refractivity contribution in [3.63, 3.8) is 0 Å². The van der Waals surface area contributed by atoms with E-state index in [-0.39, 0.29) is 45.6 Å². The van der Waals surface area contributed by atoms with Gasteiger partial charge in [0.25, 0.3) is 11.8 Å². The van der Waals surface area contributed by atoms with Gasteiger partial charge in [-0.05, 0) is 68.1 Å². The number of amides is 4. The van der Waals surface area contributed by atoms with Crippen LogP contribution in [0.1, 0.15) is 36.9 Å². The number of benzene rings is 2. The Labute approximate surface area is 312 Å². The molecule has 2 aliphatic heterocycles. The lowest BCUT2D eigenvalue weighted by Crippen LogP contribution is -2.49. The molecule has 0 spiro atoms. The van der Waals surface area contributed by atoms with Gasteiger partial charge in [-0.25, -0.2) is 14.3 Å². The van der Waals surface area contributed by atoms with Crippen LogP contribution in [0.15, 0.2) is 58.6 Å². The number of hydrogen-bond donors (Lipinski definition) is 1. The number of fused-ring (bicyclic) bond motifs is 4. The normalized spacial score (nSPS) is 27.0. The van der Waals surface area contributed by atoms with Gasteiger partial charge in [0.15, 0.2) is 17.3 Å². The van der Waals surface area contributed by atoms with Crippen LogP contribution in [0.3, 0.4) is 0 Å². The number of hydrogen-bond acceptors (Lipinski definition) is 8. The van der Waals surface area contributed by atoms with Crippen LogP contribution in [0.5, 0.6) is 11.5 Å². The van der Waals surface area contributed by atoms with E-state index in [0.717, 1.165) is 33.1 Å². The minimum absolute atomic E-state index is 0.00225. The number of phenols is 1. The second-order valence-corrected chi connectivity index (χ2v) is 15.0. The topological polar surface area (TPSA) is 120 Å². The smallest absolute Gasteiger partial charge is 0.433 e. The predicted octanol–water partition coefficient (Wildman–Crippen LogP) is 7.31. The first-order chi connectivity index (χ1) is 24.4. The van der Waals surface area contributed by atoms with Gasteiger partial charge in [-0.3, -0.25) is 24.2 Å². The van der Waals surface area contributed by atoms with Gasteiger partial charge in [0.1, 0.15) is 11.5 Å². The van der Waals surface area contributed by atoms with Gasteiger partial charge in [-0.15, -0.1) is 0 Å². The molecule has 17 heteroatoms. The SMILES string of the molecule is COc1cc(Br)cc([C@H]2C3=CC[C@@H]4C(=O)N(N(C)c5nc(C(F)(F)F)ccc5Cl)C(=O)[C@@H]4[C@@H]3C[C@H]3C(=O)N(c4ccc(F)c(Cl)c4)C(=O)[C@@]23C)c1O. The zero-order valence-electron chi connectivity index (χ0n) is 27.3. The molecule has 2 aliphatic carbocycles. The number of carbonyl (C=O) groups excluding carboxylic acids is 4. The predicted molar refractivity (Wildman–Crippen MR) is 183 cm³/mol. The maximum atomic E-state index is 14.6. The third kappa shape index (κ3) is 5.21. The Morgan fingerprint density at radius 3 is 2.38 bits per heavy atom. The van der Waals surface area contributed by atoms with Gasteiger partial charge in [-0.1, -0.05) is 50.8 Å². The Hall–Kier alpha value is -4.21. The number of nitrogens with zero attached hydrogens (tertiary/aromatic N) is 4. The standard InChI is InChI=1S/C35H27BrCl2F4N4O6/c1-34-20(31(49)45(33(34)51)15-4-8-23(39)22(38)12-15)13-18-16(27(34)19-10-14(36)11-24(52-3)28(19)47)5-6-17-26(18)32(50)46(30(17)48)44(2)29-21(37)7-9-25(43-29)35(40,41)42/h4-5,7-12,17-18,20,26-27,47H,6,13H2,1-3H3/t17-,18+,20-,26-,27+,34+/m0/s1. The molecule has 1 saturated carbocycles. The molecule has 6 atom stereocenters. The highest BCUT2D eigenvalue weighted by Crippen LogP contribution is 2.65. The summed E-state index contributed by atoms with van der Waals surface area (Å²) in [5.41, 5.74) is -2.12. The number of ether oxygens (including phenoxy) is 1. The Balaban J connectivity index is 1.36. The van der Waals surface area contributed by atoms with Crippen molar-refractivity contribution in [3.05, 3.63) is 85.7 Å². The average molecular weight is 826 g/mol. The van der Waals surface area contributed by atoms with Crippen molar-refractivity contribution < 1.29 is 46.6 Å². The van der Waals surface area contributed by atoms with Gasteiger partial charge in [0.05, 0.1) is 46.0 Å². The van der Waals surface area contributed by atoms with E-state index in [1.165, 1.54) is 26.3 Å². The van der Waals surface area contributed by atoms with E-state index in [1.807, 2.05) is 0 Å². The molecule has 4 aliphatic rings. The molecule has 4 amide bonds. The number of phenolic OH excluding ortho intramolecular Hbond substituents is 1. The number of carbonyl (C=O) groups is 4. The monoisotopic (exact) mass is 824 g/mol. The highest BCUT2D eigenvalue weighted by molar-refractivity contribution is 9.10. The summed E-state index contributed by atoms with van der Waals surface area (Å²) in [6.45, 7) is 1.59. The first-order valence-corrected chi connectivity index (χ1v) is 17.4. The molecule has 0 bridgehead atoms. The van der Waals surface area contributed by atoms with Crippen LogP contribution in [0.4, 0.5) is 29.1 Å². The van der Waals surface area contributed by atoms with Crippen molar-refractivity contribution in [1.82, 2.24) is 9.99 Å². The third-order valence-electron chi connectivity index (χ3n) is 10.7. The molecule has 0 radical (unpaired) electrons. The summed E-state index contributed by atoms with van der Waals surface area (Å²) < 4.78 is 60.8. The molecule has 3 heterocycles. The van der Waals surface area contributed by atoms with E-state index in [9.17, 15) is 41.8 Å². The molecule has 7 rings (SSSR count). The average Bonchev–Trinajstić information content (AvgIpc) is 3.45. The molecule has 52 heavy (non-hydrogen) atoms. The van der Waals surface area contributed by atoms with Gasteiger partial charge < -0.3 is 9.84 Å². The van der Waals surface area contributed by atoms with Crippen LogP contribution in [0.25, 0.3) is 0 Å². The van der Waals surface area contributed by atoms with Gasteiger partial charge in [0.2, 0.25) is 11.8 Å². The zero-order chi connectivity index (χ0) is 37.8. The minimum atomic E-state index is -4.84. The summed E-state index contributed by atoms with van der Waals surface area (Å²) in [4.78, 5) is 61.9. The number of alkyl halides is 3. The number of allylic oxidation sites excluding steroid dienone is 2. The van der Waals surface area contributed by atoms with Crippen molar-refractivity contribution >= 4 is 74.3 Å². The Kier molecular flexibility index (Phi) is 8.65. The number of hydrazine groups is 1. The lowest BCUT2D eigenvalue weighted by atomic mass is 9.51. The number of aromatic nitrogens is 1. The number of aromatic hydroxyl groups is 1. The Morgan fingerprint density at radius 2 is 1.73 bits per heavy atom. The molecule has 272 valence electrons. The molecule has 1 aromatic heterocycles. The molecular weight excluding hydrogens is 799 g/mol. The molecule has 10 nitrogen and oxygen atoms in total. The minimum Gasteiger partial charge on any atom is -0.504 e. The van der Waals surface area contributed by atoms with Gasteiger partial charge >= 0.3 is 6.18 Å². The van der Waals surface area contributed by atoms with Crippen molar-refractivity contribution in [2.45, 2.75) is 31.9 Å². The van der Waals surface area contributed by atoms with Crippen molar-refractivity contribution in [2.75, 3.05) is 24.1 Å². The van der Waals surface area contributed by atoms with Crippen LogP contribution < -0.4 is 14.6 Å². The fourth-order valence-electron chi connectivity index (χ4n) is 8.39. The third-order valence-corrected chi connectivity index (χ3v) is 11.8. The summed E-state index contributed by atoms with van der Waals surface area (Å²) in [5, 5.41) is 12.6. The summed E-state index contributed by atoms with van der Waals surface area (Å²) in [7, 11) is 2.54. The van der Waals surface area contributed by atoms with E-state index >= 15 is 0 Å². The van der Waals surface area contributed by atoms with Crippen LogP contribution in [-0.4, -0.2) is 52.9 Å². The largest absolute Gasteiger partial charge is 0.504 e. The van der Waals surface area contributed by atoms with Crippen LogP contribution in [0.2, 0.25) is 10.0 Å². The number of methoxy groups -OCH3 is 1. The number of pyridine rings is 1. The van der Waals surface area contributed by atoms with Crippen LogP contribution in [0, 0.1) is 34.9 Å². The van der Waals surface area contributed by atoms with Crippen LogP contribution in [-0.2, 0) is 25.4 Å². The number of halogens is 7. The highest BCUT2D eigenvalue weighted by Gasteiger charge is 2.68. The van der Waals surface area contributed by atoms with Gasteiger partial charge in [0, 0.05) is 23.0 Å². The second kappa shape index (κ2) is 12.4. The summed E-state index contributed by atoms with van der Waals surface area (Å²) in [6.07, 6.45) is -3.20. The summed E-state index contributed by atoms with van der Waals surface area (Å²) in [5.74, 6) is -9.39. The Morgan fingerprint density at radius 1 is 1.02 bits per heavy atom. The summed E-state index contributed by atoms with van der Waals surface area (Å²) in [6, 6.07) is 8.17. The number of imide groups is 2. The van der Waals surface area contributed by atoms with E-state index in [1.54, 1.807) is 19.1 Å².